The number of rotatable bonds is 2. The molecule has 0 spiro atoms. The molecule has 1 aliphatic rings. The fourth-order valence-corrected chi connectivity index (χ4v) is 3.10. The molecule has 3 heterocycles. The Balaban J connectivity index is 2.10. The molecular formula is C13H17BrN6. The summed E-state index contributed by atoms with van der Waals surface area (Å²) in [4.78, 5) is 11.2. The summed E-state index contributed by atoms with van der Waals surface area (Å²) in [7, 11) is 0. The molecule has 0 bridgehead atoms. The third-order valence-electron chi connectivity index (χ3n) is 3.75. The minimum atomic E-state index is 0.437. The summed E-state index contributed by atoms with van der Waals surface area (Å²) in [5.41, 5.74) is 6.02. The molecule has 1 fully saturated rings. The highest BCUT2D eigenvalue weighted by atomic mass is 79.9. The van der Waals surface area contributed by atoms with Crippen molar-refractivity contribution in [1.82, 2.24) is 19.7 Å². The second kappa shape index (κ2) is 5.05. The van der Waals surface area contributed by atoms with Crippen LogP contribution in [-0.4, -0.2) is 31.8 Å². The molecule has 3 rings (SSSR count). The summed E-state index contributed by atoms with van der Waals surface area (Å²) < 4.78 is 2.38. The quantitative estimate of drug-likeness (QED) is 0.911. The van der Waals surface area contributed by atoms with Gasteiger partial charge in [0.2, 0.25) is 0 Å². The molecule has 2 aromatic heterocycles. The molecular weight excluding hydrogens is 320 g/mol. The van der Waals surface area contributed by atoms with Crippen molar-refractivity contribution < 1.29 is 0 Å². The molecule has 20 heavy (non-hydrogen) atoms. The summed E-state index contributed by atoms with van der Waals surface area (Å²) in [5.74, 6) is 1.78. The zero-order chi connectivity index (χ0) is 14.3. The fourth-order valence-electron chi connectivity index (χ4n) is 2.71. The number of halogens is 1. The maximum Gasteiger partial charge on any atom is 0.254 e. The number of nitrogens with two attached hydrogens (primary N) is 1. The predicted molar refractivity (Wildman–Crippen MR) is 81.9 cm³/mol. The highest BCUT2D eigenvalue weighted by Gasteiger charge is 2.31. The molecule has 106 valence electrons. The van der Waals surface area contributed by atoms with Crippen LogP contribution in [0.1, 0.15) is 26.7 Å². The molecule has 1 saturated heterocycles. The fraction of sp³-hybridized carbons (Fsp3) is 0.462. The molecule has 7 heteroatoms. The molecule has 2 aromatic rings. The first-order valence-electron chi connectivity index (χ1n) is 6.69. The van der Waals surface area contributed by atoms with Crippen LogP contribution in [0.5, 0.6) is 0 Å². The second-order valence-corrected chi connectivity index (χ2v) is 5.97. The number of hydrogen-bond donors (Lipinski definition) is 1. The van der Waals surface area contributed by atoms with Gasteiger partial charge in [-0.25, -0.2) is 4.68 Å². The van der Waals surface area contributed by atoms with E-state index in [4.69, 9.17) is 5.73 Å². The monoisotopic (exact) mass is 336 g/mol. The maximum absolute atomic E-state index is 6.02. The van der Waals surface area contributed by atoms with Crippen molar-refractivity contribution in [3.63, 3.8) is 0 Å². The van der Waals surface area contributed by atoms with E-state index in [1.165, 1.54) is 0 Å². The van der Waals surface area contributed by atoms with Crippen molar-refractivity contribution in [2.75, 3.05) is 10.6 Å². The average molecular weight is 337 g/mol. The van der Waals surface area contributed by atoms with Crippen molar-refractivity contribution in [3.05, 3.63) is 22.9 Å². The Labute approximate surface area is 126 Å². The van der Waals surface area contributed by atoms with Gasteiger partial charge in [0.1, 0.15) is 10.3 Å². The van der Waals surface area contributed by atoms with Gasteiger partial charge in [0, 0.05) is 24.5 Å². The van der Waals surface area contributed by atoms with Gasteiger partial charge >= 0.3 is 0 Å². The lowest BCUT2D eigenvalue weighted by Crippen LogP contribution is -2.34. The Kier molecular flexibility index (Phi) is 3.37. The van der Waals surface area contributed by atoms with E-state index in [1.54, 1.807) is 10.9 Å². The van der Waals surface area contributed by atoms with Gasteiger partial charge in [-0.2, -0.15) is 15.1 Å². The molecule has 0 amide bonds. The Bertz CT molecular complexity index is 602. The number of aromatic nitrogens is 4. The van der Waals surface area contributed by atoms with Crippen LogP contribution >= 0.6 is 15.9 Å². The maximum atomic E-state index is 6.02. The van der Waals surface area contributed by atoms with E-state index in [2.05, 4.69) is 49.7 Å². The van der Waals surface area contributed by atoms with Crippen molar-refractivity contribution in [1.29, 1.82) is 0 Å². The molecule has 0 aromatic carbocycles. The summed E-state index contributed by atoms with van der Waals surface area (Å²) >= 11 is 3.52. The lowest BCUT2D eigenvalue weighted by molar-refractivity contribution is 0.675. The molecule has 0 radical (unpaired) electrons. The SMILES string of the molecule is CC1CCC(C)N1c1nc(-n2cccn2)nc(N)c1Br. The number of nitrogen functional groups attached to an aromatic ring is 1. The molecule has 6 nitrogen and oxygen atoms in total. The minimum absolute atomic E-state index is 0.437. The Hall–Kier alpha value is -1.63. The smallest absolute Gasteiger partial charge is 0.254 e. The second-order valence-electron chi connectivity index (χ2n) is 5.18. The number of nitrogens with zero attached hydrogens (tertiary/aromatic N) is 5. The molecule has 2 unspecified atom stereocenters. The Morgan fingerprint density at radius 3 is 2.55 bits per heavy atom. The summed E-state index contributed by atoms with van der Waals surface area (Å²) in [6, 6.07) is 2.73. The van der Waals surface area contributed by atoms with E-state index in [9.17, 15) is 0 Å². The minimum Gasteiger partial charge on any atom is -0.383 e. The topological polar surface area (TPSA) is 72.9 Å². The zero-order valence-electron chi connectivity index (χ0n) is 11.5. The Morgan fingerprint density at radius 2 is 1.95 bits per heavy atom. The van der Waals surface area contributed by atoms with Crippen LogP contribution in [0.4, 0.5) is 11.6 Å². The van der Waals surface area contributed by atoms with Gasteiger partial charge < -0.3 is 10.6 Å². The third-order valence-corrected chi connectivity index (χ3v) is 4.51. The van der Waals surface area contributed by atoms with E-state index in [1.807, 2.05) is 12.3 Å². The highest BCUT2D eigenvalue weighted by Crippen LogP contribution is 2.36. The molecule has 1 aliphatic heterocycles. The number of hydrogen-bond acceptors (Lipinski definition) is 5. The van der Waals surface area contributed by atoms with Crippen molar-refractivity contribution in [2.24, 2.45) is 0 Å². The lowest BCUT2D eigenvalue weighted by Gasteiger charge is -2.28. The first-order valence-corrected chi connectivity index (χ1v) is 7.48. The van der Waals surface area contributed by atoms with E-state index in [0.717, 1.165) is 23.1 Å². The van der Waals surface area contributed by atoms with Gasteiger partial charge in [-0.1, -0.05) is 0 Å². The third kappa shape index (κ3) is 2.15. The van der Waals surface area contributed by atoms with E-state index in [-0.39, 0.29) is 0 Å². The predicted octanol–water partition coefficient (Wildman–Crippen LogP) is 2.38. The van der Waals surface area contributed by atoms with Crippen LogP contribution in [0, 0.1) is 0 Å². The van der Waals surface area contributed by atoms with Crippen LogP contribution in [0.2, 0.25) is 0 Å². The lowest BCUT2D eigenvalue weighted by atomic mass is 10.2. The molecule has 0 aliphatic carbocycles. The van der Waals surface area contributed by atoms with Gasteiger partial charge in [-0.05, 0) is 48.7 Å². The van der Waals surface area contributed by atoms with Crippen LogP contribution in [-0.2, 0) is 0 Å². The van der Waals surface area contributed by atoms with Crippen molar-refractivity contribution in [2.45, 2.75) is 38.8 Å². The standard InChI is InChI=1S/C13H17BrN6/c1-8-4-5-9(2)20(8)12-10(14)11(15)17-13(18-12)19-7-3-6-16-19/h3,6-9H,4-5H2,1-2H3,(H2,15,17,18). The highest BCUT2D eigenvalue weighted by molar-refractivity contribution is 9.10. The molecule has 2 N–H and O–H groups in total. The van der Waals surface area contributed by atoms with Crippen LogP contribution in [0.15, 0.2) is 22.9 Å². The van der Waals surface area contributed by atoms with Crippen LogP contribution in [0.3, 0.4) is 0 Å². The molecule has 0 saturated carbocycles. The van der Waals surface area contributed by atoms with Gasteiger partial charge in [0.15, 0.2) is 5.82 Å². The van der Waals surface area contributed by atoms with E-state index < -0.39 is 0 Å². The van der Waals surface area contributed by atoms with E-state index in [0.29, 0.717) is 23.8 Å². The van der Waals surface area contributed by atoms with Gasteiger partial charge in [-0.15, -0.1) is 0 Å². The average Bonchev–Trinajstić information content (AvgIpc) is 3.04. The summed E-state index contributed by atoms with van der Waals surface area (Å²) in [6.45, 7) is 4.42. The normalized spacial score (nSPS) is 22.4. The first-order chi connectivity index (χ1) is 9.58. The van der Waals surface area contributed by atoms with Crippen LogP contribution in [0.25, 0.3) is 5.95 Å². The first kappa shape index (κ1) is 13.4. The van der Waals surface area contributed by atoms with Gasteiger partial charge in [0.05, 0.1) is 0 Å². The summed E-state index contributed by atoms with van der Waals surface area (Å²) in [5, 5.41) is 4.17. The largest absolute Gasteiger partial charge is 0.383 e. The van der Waals surface area contributed by atoms with Crippen molar-refractivity contribution >= 4 is 27.6 Å². The van der Waals surface area contributed by atoms with E-state index >= 15 is 0 Å². The summed E-state index contributed by atoms with van der Waals surface area (Å²) in [6.07, 6.45) is 5.83. The molecule has 2 atom stereocenters. The Morgan fingerprint density at radius 1 is 1.25 bits per heavy atom. The van der Waals surface area contributed by atoms with Gasteiger partial charge in [0.25, 0.3) is 5.95 Å². The van der Waals surface area contributed by atoms with Crippen molar-refractivity contribution in [3.8, 4) is 5.95 Å². The van der Waals surface area contributed by atoms with Gasteiger partial charge in [-0.3, -0.25) is 0 Å². The van der Waals surface area contributed by atoms with Crippen LogP contribution < -0.4 is 10.6 Å². The zero-order valence-corrected chi connectivity index (χ0v) is 13.1. The number of anilines is 2.